The van der Waals surface area contributed by atoms with Gasteiger partial charge in [-0.25, -0.2) is 4.68 Å². The van der Waals surface area contributed by atoms with Crippen molar-refractivity contribution in [3.8, 4) is 5.69 Å². The van der Waals surface area contributed by atoms with E-state index in [-0.39, 0.29) is 6.04 Å². The minimum Gasteiger partial charge on any atom is -0.324 e. The molecule has 0 amide bonds. The van der Waals surface area contributed by atoms with Crippen LogP contribution in [0.2, 0.25) is 0 Å². The maximum atomic E-state index is 6.01. The molecule has 0 aliphatic carbocycles. The molecule has 1 heterocycles. The largest absolute Gasteiger partial charge is 0.324 e. The van der Waals surface area contributed by atoms with Crippen molar-refractivity contribution < 1.29 is 0 Å². The Hall–Kier alpha value is -1.13. The number of halogens is 1. The van der Waals surface area contributed by atoms with Crippen LogP contribution >= 0.6 is 15.9 Å². The fraction of sp³-hybridized carbons (Fsp3) is 0.357. The average molecular weight is 308 g/mol. The lowest BCUT2D eigenvalue weighted by Crippen LogP contribution is -2.08. The molecule has 96 valence electrons. The van der Waals surface area contributed by atoms with Crippen LogP contribution in [-0.4, -0.2) is 9.78 Å². The molecule has 2 aromatic rings. The quantitative estimate of drug-likeness (QED) is 0.940. The van der Waals surface area contributed by atoms with Crippen molar-refractivity contribution in [2.45, 2.75) is 33.2 Å². The molecule has 1 aromatic carbocycles. The lowest BCUT2D eigenvalue weighted by atomic mass is 10.1. The summed E-state index contributed by atoms with van der Waals surface area (Å²) in [5.41, 5.74) is 10.4. The molecule has 2 rings (SSSR count). The van der Waals surface area contributed by atoms with Crippen molar-refractivity contribution in [3.63, 3.8) is 0 Å². The number of hydrogen-bond acceptors (Lipinski definition) is 2. The monoisotopic (exact) mass is 307 g/mol. The second-order valence-electron chi connectivity index (χ2n) is 4.50. The fourth-order valence-electron chi connectivity index (χ4n) is 1.97. The van der Waals surface area contributed by atoms with Crippen LogP contribution in [0.15, 0.2) is 28.7 Å². The smallest absolute Gasteiger partial charge is 0.0743 e. The Morgan fingerprint density at radius 2 is 1.89 bits per heavy atom. The van der Waals surface area contributed by atoms with E-state index in [0.717, 1.165) is 28.0 Å². The van der Waals surface area contributed by atoms with Crippen molar-refractivity contribution in [1.82, 2.24) is 9.78 Å². The van der Waals surface area contributed by atoms with Crippen molar-refractivity contribution in [1.29, 1.82) is 0 Å². The van der Waals surface area contributed by atoms with Crippen LogP contribution in [0.25, 0.3) is 5.69 Å². The molecular weight excluding hydrogens is 290 g/mol. The predicted octanol–water partition coefficient (Wildman–Crippen LogP) is 3.66. The van der Waals surface area contributed by atoms with Gasteiger partial charge in [0.25, 0.3) is 0 Å². The normalized spacial score (nSPS) is 12.7. The third kappa shape index (κ3) is 2.35. The molecule has 4 heteroatoms. The Balaban J connectivity index is 2.37. The van der Waals surface area contributed by atoms with Gasteiger partial charge in [-0.1, -0.05) is 19.1 Å². The van der Waals surface area contributed by atoms with Gasteiger partial charge in [0.05, 0.1) is 21.5 Å². The molecule has 0 spiro atoms. The van der Waals surface area contributed by atoms with Crippen LogP contribution < -0.4 is 5.73 Å². The van der Waals surface area contributed by atoms with Crippen LogP contribution in [-0.2, 0) is 0 Å². The highest BCUT2D eigenvalue weighted by Crippen LogP contribution is 2.23. The molecule has 18 heavy (non-hydrogen) atoms. The molecular formula is C14H18BrN3. The van der Waals surface area contributed by atoms with Gasteiger partial charge in [0.15, 0.2) is 0 Å². The van der Waals surface area contributed by atoms with E-state index in [4.69, 9.17) is 5.73 Å². The molecule has 0 aliphatic rings. The van der Waals surface area contributed by atoms with Gasteiger partial charge in [0.1, 0.15) is 0 Å². The second kappa shape index (κ2) is 5.24. The fourth-order valence-corrected chi connectivity index (χ4v) is 2.22. The molecule has 0 saturated heterocycles. The van der Waals surface area contributed by atoms with Gasteiger partial charge in [-0.05, 0) is 53.9 Å². The number of nitrogens with two attached hydrogens (primary N) is 1. The third-order valence-corrected chi connectivity index (χ3v) is 4.36. The first-order valence-corrected chi connectivity index (χ1v) is 6.91. The van der Waals surface area contributed by atoms with Crippen molar-refractivity contribution in [2.24, 2.45) is 5.73 Å². The lowest BCUT2D eigenvalue weighted by molar-refractivity contribution is 0.698. The van der Waals surface area contributed by atoms with Gasteiger partial charge in [0.2, 0.25) is 0 Å². The predicted molar refractivity (Wildman–Crippen MR) is 78.0 cm³/mol. The van der Waals surface area contributed by atoms with Crippen molar-refractivity contribution in [3.05, 3.63) is 45.7 Å². The lowest BCUT2D eigenvalue weighted by Gasteiger charge is -2.10. The van der Waals surface area contributed by atoms with Crippen LogP contribution in [0.5, 0.6) is 0 Å². The van der Waals surface area contributed by atoms with E-state index in [1.54, 1.807) is 0 Å². The summed E-state index contributed by atoms with van der Waals surface area (Å²) in [5, 5.41) is 4.51. The summed E-state index contributed by atoms with van der Waals surface area (Å²) in [4.78, 5) is 0. The number of benzene rings is 1. The van der Waals surface area contributed by atoms with E-state index in [1.165, 1.54) is 5.56 Å². The summed E-state index contributed by atoms with van der Waals surface area (Å²) in [6.45, 7) is 6.14. The number of rotatable bonds is 3. The summed E-state index contributed by atoms with van der Waals surface area (Å²) in [6.07, 6.45) is 0.949. The number of nitrogens with zero attached hydrogens (tertiary/aromatic N) is 2. The van der Waals surface area contributed by atoms with Gasteiger partial charge in [-0.2, -0.15) is 5.10 Å². The molecule has 0 fully saturated rings. The van der Waals surface area contributed by atoms with Gasteiger partial charge < -0.3 is 5.73 Å². The summed E-state index contributed by atoms with van der Waals surface area (Å²) >= 11 is 3.54. The van der Waals surface area contributed by atoms with Crippen molar-refractivity contribution in [2.75, 3.05) is 0 Å². The first kappa shape index (κ1) is 13.3. The van der Waals surface area contributed by atoms with Gasteiger partial charge in [-0.3, -0.25) is 0 Å². The zero-order valence-electron chi connectivity index (χ0n) is 10.9. The van der Waals surface area contributed by atoms with E-state index in [9.17, 15) is 0 Å². The topological polar surface area (TPSA) is 43.8 Å². The molecule has 0 radical (unpaired) electrons. The minimum absolute atomic E-state index is 0.117. The van der Waals surface area contributed by atoms with E-state index in [2.05, 4.69) is 59.1 Å². The minimum atomic E-state index is 0.117. The number of aromatic nitrogens is 2. The maximum absolute atomic E-state index is 6.01. The molecule has 0 saturated carbocycles. The molecule has 3 nitrogen and oxygen atoms in total. The standard InChI is InChI=1S/C14H18BrN3/c1-4-13(16)11-5-7-12(8-6-11)18-10(3)14(15)9(2)17-18/h5-8,13H,4,16H2,1-3H3/t13-/m0/s1. The van der Waals surface area contributed by atoms with Crippen LogP contribution in [0.1, 0.15) is 36.3 Å². The van der Waals surface area contributed by atoms with E-state index in [1.807, 2.05) is 11.6 Å². The Labute approximate surface area is 116 Å². The maximum Gasteiger partial charge on any atom is 0.0743 e. The summed E-state index contributed by atoms with van der Waals surface area (Å²) in [6, 6.07) is 8.40. The van der Waals surface area contributed by atoms with E-state index in [0.29, 0.717) is 0 Å². The Kier molecular flexibility index (Phi) is 3.88. The molecule has 2 N–H and O–H groups in total. The highest BCUT2D eigenvalue weighted by atomic mass is 79.9. The van der Waals surface area contributed by atoms with Crippen molar-refractivity contribution >= 4 is 15.9 Å². The first-order valence-electron chi connectivity index (χ1n) is 6.12. The van der Waals surface area contributed by atoms with E-state index >= 15 is 0 Å². The Morgan fingerprint density at radius 1 is 1.28 bits per heavy atom. The zero-order chi connectivity index (χ0) is 13.3. The molecule has 0 unspecified atom stereocenters. The second-order valence-corrected chi connectivity index (χ2v) is 5.30. The SMILES string of the molecule is CC[C@H](N)c1ccc(-n2nc(C)c(Br)c2C)cc1. The first-order chi connectivity index (χ1) is 8.54. The average Bonchev–Trinajstić information content (AvgIpc) is 2.66. The number of hydrogen-bond donors (Lipinski definition) is 1. The number of aryl methyl sites for hydroxylation is 1. The third-order valence-electron chi connectivity index (χ3n) is 3.21. The summed E-state index contributed by atoms with van der Waals surface area (Å²) < 4.78 is 3.01. The molecule has 1 aromatic heterocycles. The highest BCUT2D eigenvalue weighted by Gasteiger charge is 2.10. The molecule has 0 aliphatic heterocycles. The van der Waals surface area contributed by atoms with Gasteiger partial charge in [0, 0.05) is 6.04 Å². The van der Waals surface area contributed by atoms with Gasteiger partial charge >= 0.3 is 0 Å². The molecule has 0 bridgehead atoms. The van der Waals surface area contributed by atoms with E-state index < -0.39 is 0 Å². The van der Waals surface area contributed by atoms with Crippen LogP contribution in [0, 0.1) is 13.8 Å². The molecule has 1 atom stereocenters. The Bertz CT molecular complexity index is 543. The summed E-state index contributed by atoms with van der Waals surface area (Å²) in [5.74, 6) is 0. The van der Waals surface area contributed by atoms with Gasteiger partial charge in [-0.15, -0.1) is 0 Å². The van der Waals surface area contributed by atoms with Crippen LogP contribution in [0.4, 0.5) is 0 Å². The highest BCUT2D eigenvalue weighted by molar-refractivity contribution is 9.10. The Morgan fingerprint density at radius 3 is 2.33 bits per heavy atom. The zero-order valence-corrected chi connectivity index (χ0v) is 12.5. The summed E-state index contributed by atoms with van der Waals surface area (Å²) in [7, 11) is 0. The van der Waals surface area contributed by atoms with Crippen LogP contribution in [0.3, 0.4) is 0 Å².